The van der Waals surface area contributed by atoms with Crippen molar-refractivity contribution in [1.29, 1.82) is 0 Å². The number of carbonyl (C=O) groups is 1. The summed E-state index contributed by atoms with van der Waals surface area (Å²) in [6.07, 6.45) is -0.641. The molecule has 12 heteroatoms. The van der Waals surface area contributed by atoms with Crippen LogP contribution in [0.3, 0.4) is 0 Å². The lowest BCUT2D eigenvalue weighted by atomic mass is 10.0. The predicted octanol–water partition coefficient (Wildman–Crippen LogP) is 2.72. The van der Waals surface area contributed by atoms with Crippen LogP contribution in [0.2, 0.25) is 0 Å². The van der Waals surface area contributed by atoms with Crippen LogP contribution in [0.1, 0.15) is 61.1 Å². The molecule has 2 unspecified atom stereocenters. The van der Waals surface area contributed by atoms with E-state index < -0.39 is 37.9 Å². The van der Waals surface area contributed by atoms with E-state index in [2.05, 4.69) is 9.26 Å². The molecule has 0 amide bonds. The number of alkyl halides is 1. The number of carbonyl (C=O) groups excluding carboxylic acids is 1. The summed E-state index contributed by atoms with van der Waals surface area (Å²) in [4.78, 5) is 34.9. The van der Waals surface area contributed by atoms with Gasteiger partial charge in [0.2, 0.25) is 0 Å². The average molecular weight is 467 g/mol. The number of rotatable bonds is 6. The number of nitrogens with two attached hydrogens (primary N) is 1. The van der Waals surface area contributed by atoms with Gasteiger partial charge < -0.3 is 15.2 Å². The number of hydrogen-bond donors (Lipinski definition) is 2. The van der Waals surface area contributed by atoms with E-state index in [1.165, 1.54) is 13.1 Å². The summed E-state index contributed by atoms with van der Waals surface area (Å²) in [7, 11) is -0.513. The molecule has 0 spiro atoms. The first-order chi connectivity index (χ1) is 14.6. The van der Waals surface area contributed by atoms with Gasteiger partial charge in [-0.15, -0.1) is 0 Å². The van der Waals surface area contributed by atoms with Gasteiger partial charge in [0, 0.05) is 18.7 Å². The highest BCUT2D eigenvalue weighted by Gasteiger charge is 2.47. The zero-order valence-corrected chi connectivity index (χ0v) is 20.1. The second kappa shape index (κ2) is 16.7. The number of nitrogens with zero attached hydrogens (tertiary/aromatic N) is 1. The first kappa shape index (κ1) is 31.2. The Labute approximate surface area is 183 Å². The third-order valence-electron chi connectivity index (χ3n) is 3.41. The topological polar surface area (TPSA) is 143 Å². The van der Waals surface area contributed by atoms with Crippen LogP contribution in [0.5, 0.6) is 0 Å². The SMILES string of the molecule is CC.CC.CC(C)OC(=O)CN.C[C@@]1(F)CC(COP=O)OC1n1ccc(=O)[nH]c1=O. The van der Waals surface area contributed by atoms with Gasteiger partial charge in [0.05, 0.1) is 25.4 Å². The summed E-state index contributed by atoms with van der Waals surface area (Å²) in [6, 6.07) is 1.11. The molecular weight excluding hydrogens is 432 g/mol. The summed E-state index contributed by atoms with van der Waals surface area (Å²) >= 11 is 0. The largest absolute Gasteiger partial charge is 0.462 e. The van der Waals surface area contributed by atoms with E-state index in [-0.39, 0.29) is 31.6 Å². The molecule has 3 N–H and O–H groups in total. The Hall–Kier alpha value is -1.94. The summed E-state index contributed by atoms with van der Waals surface area (Å²) < 4.78 is 40.2. The van der Waals surface area contributed by atoms with Crippen LogP contribution in [0.25, 0.3) is 0 Å². The fourth-order valence-corrected chi connectivity index (χ4v) is 2.64. The van der Waals surface area contributed by atoms with Gasteiger partial charge >= 0.3 is 20.3 Å². The minimum Gasteiger partial charge on any atom is -0.462 e. The highest BCUT2D eigenvalue weighted by Crippen LogP contribution is 2.40. The number of esters is 1. The van der Waals surface area contributed by atoms with Gasteiger partial charge in [-0.05, 0) is 20.8 Å². The van der Waals surface area contributed by atoms with Crippen LogP contribution >= 0.6 is 8.69 Å². The fraction of sp³-hybridized carbons (Fsp3) is 0.737. The highest BCUT2D eigenvalue weighted by molar-refractivity contribution is 7.17. The van der Waals surface area contributed by atoms with Crippen LogP contribution in [0.4, 0.5) is 4.39 Å². The molecule has 31 heavy (non-hydrogen) atoms. The molecule has 0 saturated carbocycles. The number of ether oxygens (including phenoxy) is 2. The molecule has 3 atom stereocenters. The minimum absolute atomic E-state index is 0.00124. The number of nitrogens with one attached hydrogen (secondary N) is 1. The number of H-pyrrole nitrogens is 1. The van der Waals surface area contributed by atoms with Crippen LogP contribution in [0.15, 0.2) is 21.9 Å². The zero-order valence-electron chi connectivity index (χ0n) is 19.2. The lowest BCUT2D eigenvalue weighted by Gasteiger charge is -2.22. The van der Waals surface area contributed by atoms with Gasteiger partial charge in [0.1, 0.15) is 0 Å². The Morgan fingerprint density at radius 3 is 2.39 bits per heavy atom. The molecule has 1 aliphatic rings. The minimum atomic E-state index is -1.80. The van der Waals surface area contributed by atoms with Crippen LogP contribution in [0, 0.1) is 0 Å². The summed E-state index contributed by atoms with van der Waals surface area (Å²) in [5.41, 5.74) is 1.84. The quantitative estimate of drug-likeness (QED) is 0.480. The average Bonchev–Trinajstić information content (AvgIpc) is 3.03. The van der Waals surface area contributed by atoms with Crippen molar-refractivity contribution in [2.24, 2.45) is 5.73 Å². The maximum atomic E-state index is 14.4. The molecule has 0 radical (unpaired) electrons. The second-order valence-corrected chi connectivity index (χ2v) is 6.63. The Kier molecular flexibility index (Phi) is 16.8. The molecule has 180 valence electrons. The van der Waals surface area contributed by atoms with E-state index in [0.717, 1.165) is 10.6 Å². The summed E-state index contributed by atoms with van der Waals surface area (Å²) in [5.74, 6) is -0.347. The van der Waals surface area contributed by atoms with Crippen molar-refractivity contribution >= 4 is 14.7 Å². The van der Waals surface area contributed by atoms with Crippen molar-refractivity contribution in [3.8, 4) is 0 Å². The normalized spacial score (nSPS) is 21.7. The number of hydrogen-bond acceptors (Lipinski definition) is 8. The number of aromatic nitrogens is 2. The summed E-state index contributed by atoms with van der Waals surface area (Å²) in [6.45, 7) is 12.8. The molecule has 0 bridgehead atoms. The third-order valence-corrected chi connectivity index (χ3v) is 3.67. The molecule has 1 aromatic rings. The molecule has 1 saturated heterocycles. The molecule has 1 aliphatic heterocycles. The van der Waals surface area contributed by atoms with Crippen molar-refractivity contribution < 1.29 is 27.7 Å². The Balaban J connectivity index is 0. The van der Waals surface area contributed by atoms with E-state index in [9.17, 15) is 23.3 Å². The third kappa shape index (κ3) is 11.9. The lowest BCUT2D eigenvalue weighted by molar-refractivity contribution is -0.145. The van der Waals surface area contributed by atoms with E-state index in [0.29, 0.717) is 0 Å². The van der Waals surface area contributed by atoms with Gasteiger partial charge in [0.15, 0.2) is 11.9 Å². The molecule has 2 heterocycles. The van der Waals surface area contributed by atoms with E-state index >= 15 is 0 Å². The molecule has 10 nitrogen and oxygen atoms in total. The Bertz CT molecular complexity index is 753. The van der Waals surface area contributed by atoms with Gasteiger partial charge in [-0.3, -0.25) is 23.7 Å². The van der Waals surface area contributed by atoms with Crippen molar-refractivity contribution in [2.75, 3.05) is 13.2 Å². The number of halogens is 1. The maximum absolute atomic E-state index is 14.4. The first-order valence-electron chi connectivity index (χ1n) is 10.1. The molecule has 1 fully saturated rings. The second-order valence-electron chi connectivity index (χ2n) is 6.22. The monoisotopic (exact) mass is 467 g/mol. The molecule has 0 aliphatic carbocycles. The maximum Gasteiger partial charge on any atom is 0.330 e. The fourth-order valence-electron chi connectivity index (χ4n) is 2.41. The van der Waals surface area contributed by atoms with Crippen LogP contribution < -0.4 is 17.0 Å². The first-order valence-corrected chi connectivity index (χ1v) is 10.8. The van der Waals surface area contributed by atoms with Crippen molar-refractivity contribution in [3.63, 3.8) is 0 Å². The number of aromatic amines is 1. The van der Waals surface area contributed by atoms with E-state index in [4.69, 9.17) is 10.5 Å². The van der Waals surface area contributed by atoms with Crippen molar-refractivity contribution in [1.82, 2.24) is 9.55 Å². The Morgan fingerprint density at radius 2 is 1.97 bits per heavy atom. The standard InChI is InChI=1S/C10H12FN2O5P.C5H11NO2.2C2H6/c1-10(11)4-6(5-17-19-16)18-8(10)13-3-2-7(14)12-9(13)15;1-4(2)8-5(7)3-6;2*1-2/h2-3,6,8H,4-5H2,1H3,(H,12,14,15);4H,3,6H2,1-2H3;2*1-2H3/t6?,8?,10-;;;/m1.../s1. The van der Waals surface area contributed by atoms with Crippen LogP contribution in [-0.4, -0.2) is 46.5 Å². The molecule has 2 rings (SSSR count). The van der Waals surface area contributed by atoms with Crippen LogP contribution in [-0.2, 0) is 23.4 Å². The molecular formula is C19H35FN3O7P. The van der Waals surface area contributed by atoms with Crippen molar-refractivity contribution in [3.05, 3.63) is 33.1 Å². The highest BCUT2D eigenvalue weighted by atomic mass is 31.1. The van der Waals surface area contributed by atoms with E-state index in [1.54, 1.807) is 13.8 Å². The molecule has 1 aromatic heterocycles. The molecule has 0 aromatic carbocycles. The van der Waals surface area contributed by atoms with Gasteiger partial charge in [-0.1, -0.05) is 27.7 Å². The van der Waals surface area contributed by atoms with Crippen molar-refractivity contribution in [2.45, 2.75) is 79.0 Å². The van der Waals surface area contributed by atoms with Gasteiger partial charge in [-0.25, -0.2) is 13.8 Å². The lowest BCUT2D eigenvalue weighted by Crippen LogP contribution is -2.38. The van der Waals surface area contributed by atoms with Gasteiger partial charge in [-0.2, -0.15) is 0 Å². The predicted molar refractivity (Wildman–Crippen MR) is 116 cm³/mol. The smallest absolute Gasteiger partial charge is 0.330 e. The Morgan fingerprint density at radius 1 is 1.39 bits per heavy atom. The zero-order chi connectivity index (χ0) is 24.6. The van der Waals surface area contributed by atoms with Gasteiger partial charge in [0.25, 0.3) is 5.56 Å². The van der Waals surface area contributed by atoms with E-state index in [1.807, 2.05) is 32.7 Å². The summed E-state index contributed by atoms with van der Waals surface area (Å²) in [5, 5.41) is 0.